The molecule has 3 aliphatic rings. The van der Waals surface area contributed by atoms with E-state index in [1.165, 1.54) is 0 Å². The average molecular weight is 811 g/mol. The van der Waals surface area contributed by atoms with Crippen LogP contribution in [-0.4, -0.2) is 140 Å². The monoisotopic (exact) mass is 811 g/mol. The molecule has 1 amide bonds. The van der Waals surface area contributed by atoms with E-state index < -0.39 is 60.1 Å². The fraction of sp³-hybridized carbons (Fsp3) is 0.738. The number of carbonyl (C=O) groups excluding carboxylic acids is 3. The molecule has 5 rings (SSSR count). The van der Waals surface area contributed by atoms with Crippen molar-refractivity contribution in [2.24, 2.45) is 23.7 Å². The number of ether oxygens (including phenoxy) is 4. The Bertz CT molecular complexity index is 1680. The van der Waals surface area contributed by atoms with Crippen molar-refractivity contribution in [3.8, 4) is 11.4 Å². The maximum absolute atomic E-state index is 14.3. The number of cyclic esters (lactones) is 1. The molecule has 3 fully saturated rings. The van der Waals surface area contributed by atoms with E-state index >= 15 is 0 Å². The van der Waals surface area contributed by atoms with E-state index in [-0.39, 0.29) is 35.8 Å². The molecule has 0 saturated carbocycles. The highest BCUT2D eigenvalue weighted by molar-refractivity contribution is 6.00. The summed E-state index contributed by atoms with van der Waals surface area (Å²) in [4.78, 5) is 45.8. The Balaban J connectivity index is 1.37. The van der Waals surface area contributed by atoms with E-state index in [9.17, 15) is 19.5 Å². The third-order valence-corrected chi connectivity index (χ3v) is 12.3. The number of amides is 1. The zero-order chi connectivity index (χ0) is 42.3. The van der Waals surface area contributed by atoms with Crippen LogP contribution in [-0.2, 0) is 35.1 Å². The predicted octanol–water partition coefficient (Wildman–Crippen LogP) is 4.28. The zero-order valence-corrected chi connectivity index (χ0v) is 35.8. The molecule has 3 saturated heterocycles. The van der Waals surface area contributed by atoms with Crippen LogP contribution in [0.2, 0.25) is 0 Å². The number of hydrogen-bond donors (Lipinski definition) is 2. The first-order valence-corrected chi connectivity index (χ1v) is 21.0. The summed E-state index contributed by atoms with van der Waals surface area (Å²) in [6.07, 6.45) is 4.72. The molecule has 16 nitrogen and oxygen atoms in total. The molecule has 58 heavy (non-hydrogen) atoms. The number of Topliss-reactive ketones (excluding diaryl/α,β-unsaturated/α-hetero) is 1. The van der Waals surface area contributed by atoms with Gasteiger partial charge in [0.1, 0.15) is 29.5 Å². The number of nitrogens with one attached hydrogen (secondary N) is 1. The van der Waals surface area contributed by atoms with Gasteiger partial charge in [0.2, 0.25) is 0 Å². The van der Waals surface area contributed by atoms with E-state index in [2.05, 4.69) is 39.3 Å². The van der Waals surface area contributed by atoms with Crippen molar-refractivity contribution >= 4 is 17.8 Å². The molecule has 5 heterocycles. The number of likely N-dealkylation sites (N-methyl/N-ethyl adjacent to an activating group) is 1. The molecule has 2 aromatic heterocycles. The number of hydrogen-bond acceptors (Lipinski definition) is 14. The lowest BCUT2D eigenvalue weighted by atomic mass is 9.79. The van der Waals surface area contributed by atoms with Gasteiger partial charge >= 0.3 is 12.1 Å². The summed E-state index contributed by atoms with van der Waals surface area (Å²) >= 11 is 0. The number of aromatic nitrogens is 5. The van der Waals surface area contributed by atoms with Crippen molar-refractivity contribution < 1.29 is 38.4 Å². The average Bonchev–Trinajstić information content (AvgIpc) is 3.78. The van der Waals surface area contributed by atoms with Crippen LogP contribution in [0.3, 0.4) is 0 Å². The predicted molar refractivity (Wildman–Crippen MR) is 216 cm³/mol. The molecular weight excluding hydrogens is 745 g/mol. The van der Waals surface area contributed by atoms with E-state index in [1.54, 1.807) is 35.7 Å². The second-order valence-corrected chi connectivity index (χ2v) is 17.1. The molecule has 0 spiro atoms. The molecule has 3 aliphatic heterocycles. The summed E-state index contributed by atoms with van der Waals surface area (Å²) < 4.78 is 27.1. The van der Waals surface area contributed by atoms with Crippen LogP contribution >= 0.6 is 0 Å². The number of aliphatic hydroxyl groups excluding tert-OH is 1. The quantitative estimate of drug-likeness (QED) is 0.134. The maximum Gasteiger partial charge on any atom is 0.410 e. The van der Waals surface area contributed by atoms with Crippen molar-refractivity contribution in [1.29, 1.82) is 0 Å². The van der Waals surface area contributed by atoms with Crippen LogP contribution in [0, 0.1) is 23.7 Å². The molecule has 13 atom stereocenters. The number of aryl methyl sites for hydroxylation is 1. The van der Waals surface area contributed by atoms with Gasteiger partial charge in [-0.2, -0.15) is 5.10 Å². The van der Waals surface area contributed by atoms with Crippen molar-refractivity contribution in [1.82, 2.24) is 40.3 Å². The summed E-state index contributed by atoms with van der Waals surface area (Å²) in [6.45, 7) is 18.8. The summed E-state index contributed by atoms with van der Waals surface area (Å²) in [6, 6.07) is 2.67. The summed E-state index contributed by atoms with van der Waals surface area (Å²) in [5, 5.41) is 31.6. The number of rotatable bonds is 12. The van der Waals surface area contributed by atoms with Crippen molar-refractivity contribution in [3.05, 3.63) is 37.2 Å². The van der Waals surface area contributed by atoms with E-state index in [4.69, 9.17) is 18.9 Å². The van der Waals surface area contributed by atoms with E-state index in [0.717, 1.165) is 0 Å². The van der Waals surface area contributed by atoms with Crippen molar-refractivity contribution in [2.45, 2.75) is 148 Å². The minimum atomic E-state index is -1.21. The molecule has 322 valence electrons. The fourth-order valence-electron chi connectivity index (χ4n) is 9.15. The van der Waals surface area contributed by atoms with Crippen LogP contribution in [0.5, 0.6) is 0 Å². The number of ketones is 1. The lowest BCUT2D eigenvalue weighted by molar-refractivity contribution is -0.278. The van der Waals surface area contributed by atoms with Crippen LogP contribution in [0.25, 0.3) is 11.4 Å². The van der Waals surface area contributed by atoms with Gasteiger partial charge in [-0.05, 0) is 111 Å². The molecule has 0 radical (unpaired) electrons. The lowest BCUT2D eigenvalue weighted by Crippen LogP contribution is -2.60. The largest absolute Gasteiger partial charge is 0.458 e. The summed E-state index contributed by atoms with van der Waals surface area (Å²) in [7, 11) is 3.83. The number of unbranched alkanes of at least 4 members (excludes halogenated alkanes) is 1. The molecule has 0 bridgehead atoms. The third kappa shape index (κ3) is 10.3. The summed E-state index contributed by atoms with van der Waals surface area (Å²) in [5.74, 6) is -3.00. The number of esters is 1. The Hall–Kier alpha value is -3.83. The van der Waals surface area contributed by atoms with Gasteiger partial charge in [-0.15, -0.1) is 16.8 Å². The highest BCUT2D eigenvalue weighted by Gasteiger charge is 2.58. The minimum Gasteiger partial charge on any atom is -0.458 e. The number of nitrogens with zero attached hydrogens (tertiary/aromatic N) is 7. The third-order valence-electron chi connectivity index (χ3n) is 12.3. The highest BCUT2D eigenvalue weighted by Crippen LogP contribution is 2.39. The number of allylic oxidation sites excluding steroid dienone is 1. The van der Waals surface area contributed by atoms with E-state index in [1.807, 2.05) is 65.0 Å². The Morgan fingerprint density at radius 3 is 2.50 bits per heavy atom. The Labute approximate surface area is 343 Å². The number of aliphatic hydroxyl groups is 1. The molecule has 16 heteroatoms. The maximum atomic E-state index is 14.3. The molecule has 2 aromatic rings. The van der Waals surface area contributed by atoms with Crippen molar-refractivity contribution in [2.75, 3.05) is 27.2 Å². The zero-order valence-electron chi connectivity index (χ0n) is 35.8. The standard InChI is InChI=1S/C42H66N8O8/c1-11-16-30-21-25(3)23-43-29(7)38-42(8,58-41(54)50(38)20-14-13-19-49-24-32(46-47-49)31-17-15-18-44-45-31)34(12-2)56-39(53)28(6)35(51)27(5)37(30)57-40-36(52)33(48(9)10)22-26(4)55-40/h11,15,17-18,24-30,33-34,36-38,40,43,52H,1,12-14,16,19-23H2,2-10H3/t25-,26-,27+,28-,29-,30+,33?,34-,36?,37-,38-,40+,42-/m1/s1. The smallest absolute Gasteiger partial charge is 0.410 e. The Morgan fingerprint density at radius 1 is 1.09 bits per heavy atom. The molecule has 2 unspecified atom stereocenters. The van der Waals surface area contributed by atoms with Crippen LogP contribution in [0.4, 0.5) is 4.79 Å². The molecular formula is C42H66N8O8. The SMILES string of the molecule is C=CC[C@H]1C[C@@H](C)CN[C@H](C)[C@H]2N(CCCCn3cc(-c4cccnn4)nn3)C(=O)O[C@]2(C)[C@@H](CC)OC(=O)[C@H](C)C(=O)[C@H](C)[C@H]1O[C@@H]1O[C@H](C)CC(N(C)C)C1O. The summed E-state index contributed by atoms with van der Waals surface area (Å²) in [5.41, 5.74) is 0.0543. The van der Waals surface area contributed by atoms with Crippen LogP contribution < -0.4 is 5.32 Å². The second-order valence-electron chi connectivity index (χ2n) is 17.1. The van der Waals surface area contributed by atoms with Gasteiger partial charge < -0.3 is 34.3 Å². The topological polar surface area (TPSA) is 183 Å². The number of carbonyl (C=O) groups is 3. The van der Waals surface area contributed by atoms with Gasteiger partial charge in [0.15, 0.2) is 17.7 Å². The fourth-order valence-corrected chi connectivity index (χ4v) is 9.15. The van der Waals surface area contributed by atoms with E-state index in [0.29, 0.717) is 69.5 Å². The Morgan fingerprint density at radius 2 is 1.83 bits per heavy atom. The highest BCUT2D eigenvalue weighted by atomic mass is 16.7. The first-order chi connectivity index (χ1) is 27.6. The van der Waals surface area contributed by atoms with Gasteiger partial charge in [0.25, 0.3) is 0 Å². The van der Waals surface area contributed by atoms with Gasteiger partial charge in [-0.1, -0.05) is 32.1 Å². The Kier molecular flexibility index (Phi) is 15.6. The second kappa shape index (κ2) is 19.9. The van der Waals surface area contributed by atoms with Crippen LogP contribution in [0.15, 0.2) is 37.2 Å². The van der Waals surface area contributed by atoms with Gasteiger partial charge in [0, 0.05) is 37.3 Å². The van der Waals surface area contributed by atoms with Gasteiger partial charge in [-0.25, -0.2) is 4.79 Å². The van der Waals surface area contributed by atoms with Gasteiger partial charge in [-0.3, -0.25) is 19.2 Å². The first kappa shape index (κ1) is 45.3. The molecule has 0 aliphatic carbocycles. The minimum absolute atomic E-state index is 0.0982. The molecule has 2 N–H and O–H groups in total. The number of fused-ring (bicyclic) bond motifs is 1. The van der Waals surface area contributed by atoms with Crippen molar-refractivity contribution in [3.63, 3.8) is 0 Å². The first-order valence-electron chi connectivity index (χ1n) is 21.0. The van der Waals surface area contributed by atoms with Gasteiger partial charge in [0.05, 0.1) is 24.4 Å². The molecule has 0 aromatic carbocycles. The normalized spacial score (nSPS) is 35.5. The van der Waals surface area contributed by atoms with Crippen LogP contribution in [0.1, 0.15) is 87.0 Å². The lowest BCUT2D eigenvalue weighted by Gasteiger charge is -2.44.